The zero-order valence-corrected chi connectivity index (χ0v) is 28.5. The quantitative estimate of drug-likeness (QED) is 0.170. The Bertz CT molecular complexity index is 1910. The summed E-state index contributed by atoms with van der Waals surface area (Å²) in [5.41, 5.74) is 3.78. The second kappa shape index (κ2) is 13.8. The number of nitrogens with one attached hydrogen (secondary N) is 1. The molecule has 0 fully saturated rings. The number of amides is 1. The third-order valence-corrected chi connectivity index (χ3v) is 7.83. The highest BCUT2D eigenvalue weighted by Gasteiger charge is 2.29. The lowest BCUT2D eigenvalue weighted by Crippen LogP contribution is -2.44. The van der Waals surface area contributed by atoms with Crippen molar-refractivity contribution in [1.82, 2.24) is 9.88 Å². The minimum absolute atomic E-state index is 0.0128. The van der Waals surface area contributed by atoms with Crippen molar-refractivity contribution in [3.05, 3.63) is 120 Å². The van der Waals surface area contributed by atoms with Crippen LogP contribution in [0.15, 0.2) is 103 Å². The Morgan fingerprint density at radius 3 is 1.98 bits per heavy atom. The number of benzene rings is 4. The fourth-order valence-electron chi connectivity index (χ4n) is 5.35. The second-order valence-electron chi connectivity index (χ2n) is 13.8. The number of carbonyl (C=O) groups excluding carboxylic acids is 3. The van der Waals surface area contributed by atoms with Crippen LogP contribution in [0.1, 0.15) is 63.2 Å². The molecule has 8 nitrogen and oxygen atoms in total. The lowest BCUT2D eigenvalue weighted by molar-refractivity contribution is -0.142. The van der Waals surface area contributed by atoms with E-state index in [0.717, 1.165) is 16.7 Å². The lowest BCUT2D eigenvalue weighted by Gasteiger charge is -2.21. The summed E-state index contributed by atoms with van der Waals surface area (Å²) in [6.45, 7) is 11.7. The van der Waals surface area contributed by atoms with Crippen LogP contribution in [0.5, 0.6) is 11.5 Å². The van der Waals surface area contributed by atoms with E-state index in [9.17, 15) is 14.4 Å². The van der Waals surface area contributed by atoms with E-state index >= 15 is 0 Å². The van der Waals surface area contributed by atoms with Gasteiger partial charge in [0.05, 0.1) is 12.6 Å². The van der Waals surface area contributed by atoms with Crippen LogP contribution in [0.2, 0.25) is 0 Å². The van der Waals surface area contributed by atoms with Gasteiger partial charge in [0.2, 0.25) is 0 Å². The van der Waals surface area contributed by atoms with Crippen molar-refractivity contribution >= 4 is 28.9 Å². The summed E-state index contributed by atoms with van der Waals surface area (Å²) in [6, 6.07) is 31.4. The smallest absolute Gasteiger partial charge is 0.419 e. The highest BCUT2D eigenvalue weighted by Crippen LogP contribution is 2.31. The average molecular weight is 647 g/mol. The molecular weight excluding hydrogens is 604 g/mol. The molecule has 5 rings (SSSR count). The van der Waals surface area contributed by atoms with Gasteiger partial charge in [0.15, 0.2) is 0 Å². The van der Waals surface area contributed by atoms with Crippen molar-refractivity contribution in [3.63, 3.8) is 0 Å². The number of hydrogen-bond acceptors (Lipinski definition) is 6. The summed E-state index contributed by atoms with van der Waals surface area (Å²) < 4.78 is 18.1. The van der Waals surface area contributed by atoms with Gasteiger partial charge in [-0.15, -0.1) is 0 Å². The van der Waals surface area contributed by atoms with Gasteiger partial charge < -0.3 is 19.5 Å². The average Bonchev–Trinajstić information content (AvgIpc) is 3.43. The molecule has 0 aliphatic rings. The van der Waals surface area contributed by atoms with E-state index in [0.29, 0.717) is 22.4 Å². The second-order valence-corrected chi connectivity index (χ2v) is 13.8. The van der Waals surface area contributed by atoms with Crippen LogP contribution in [-0.4, -0.2) is 41.3 Å². The molecule has 4 aromatic carbocycles. The number of carbonyl (C=O) groups is 3. The normalized spacial score (nSPS) is 12.3. The number of rotatable bonds is 8. The molecule has 1 N–H and O–H groups in total. The Hall–Kier alpha value is -5.37. The van der Waals surface area contributed by atoms with Gasteiger partial charge in [0.25, 0.3) is 5.91 Å². The summed E-state index contributed by atoms with van der Waals surface area (Å²) in [5, 5.41) is 3.38. The van der Waals surface area contributed by atoms with E-state index in [1.54, 1.807) is 45.0 Å². The number of ether oxygens (including phenoxy) is 3. The van der Waals surface area contributed by atoms with Gasteiger partial charge in [0.1, 0.15) is 28.8 Å². The molecular formula is C40H42N2O6. The van der Waals surface area contributed by atoms with E-state index in [4.69, 9.17) is 14.2 Å². The molecule has 0 aliphatic heterocycles. The maximum absolute atomic E-state index is 13.9. The molecule has 248 valence electrons. The molecule has 0 saturated heterocycles. The van der Waals surface area contributed by atoms with Crippen LogP contribution < -0.4 is 10.1 Å². The first-order valence-corrected chi connectivity index (χ1v) is 15.9. The van der Waals surface area contributed by atoms with Crippen molar-refractivity contribution in [2.24, 2.45) is 0 Å². The molecule has 5 aromatic rings. The Labute approximate surface area is 281 Å². The summed E-state index contributed by atoms with van der Waals surface area (Å²) in [5.74, 6) is -0.0486. The van der Waals surface area contributed by atoms with E-state index in [-0.39, 0.29) is 17.5 Å². The van der Waals surface area contributed by atoms with Crippen molar-refractivity contribution < 1.29 is 28.6 Å². The van der Waals surface area contributed by atoms with Crippen LogP contribution in [0, 0.1) is 0 Å². The van der Waals surface area contributed by atoms with Gasteiger partial charge >= 0.3 is 12.1 Å². The molecule has 1 amide bonds. The first-order valence-electron chi connectivity index (χ1n) is 15.9. The van der Waals surface area contributed by atoms with Gasteiger partial charge in [-0.25, -0.2) is 14.2 Å². The predicted octanol–water partition coefficient (Wildman–Crippen LogP) is 8.70. The summed E-state index contributed by atoms with van der Waals surface area (Å²) >= 11 is 0. The molecule has 0 radical (unpaired) electrons. The van der Waals surface area contributed by atoms with Gasteiger partial charge in [-0.2, -0.15) is 0 Å². The van der Waals surface area contributed by atoms with Crippen molar-refractivity contribution in [1.29, 1.82) is 0 Å². The number of nitrogens with zero attached hydrogens (tertiary/aromatic N) is 1. The maximum Gasteiger partial charge on any atom is 0.419 e. The lowest BCUT2D eigenvalue weighted by atomic mass is 9.87. The first kappa shape index (κ1) is 34.0. The third-order valence-electron chi connectivity index (χ3n) is 7.83. The standard InChI is InChI=1S/C40H42N2O6/c1-39(2,3)30-17-19-31(20-18-30)47-32-21-22-34-29(24-32)25-35(42(34)38(45)48-40(4,5)6)36(43)41-33(37(44)46-7)23-26-13-15-28(16-14-26)27-11-9-8-10-12-27/h8-22,24-25,33H,23H2,1-7H3,(H,41,43)/t33-/m0/s1. The molecule has 0 unspecified atom stereocenters. The molecule has 0 aliphatic carbocycles. The van der Waals surface area contributed by atoms with Gasteiger partial charge in [-0.3, -0.25) is 4.79 Å². The van der Waals surface area contributed by atoms with E-state index in [1.165, 1.54) is 17.2 Å². The summed E-state index contributed by atoms with van der Waals surface area (Å²) in [7, 11) is 1.27. The zero-order chi connectivity index (χ0) is 34.6. The molecule has 48 heavy (non-hydrogen) atoms. The topological polar surface area (TPSA) is 95.9 Å². The van der Waals surface area contributed by atoms with Gasteiger partial charge in [0, 0.05) is 11.8 Å². The maximum atomic E-state index is 13.9. The molecule has 1 atom stereocenters. The van der Waals surface area contributed by atoms with Crippen molar-refractivity contribution in [2.75, 3.05) is 7.11 Å². The van der Waals surface area contributed by atoms with Gasteiger partial charge in [-0.1, -0.05) is 87.5 Å². The fraction of sp³-hybridized carbons (Fsp3) is 0.275. The summed E-state index contributed by atoms with van der Waals surface area (Å²) in [4.78, 5) is 40.3. The SMILES string of the molecule is COC(=O)[C@H](Cc1ccc(-c2ccccc2)cc1)NC(=O)c1cc2cc(Oc3ccc(C(C)(C)C)cc3)ccc2n1C(=O)OC(C)(C)C. The number of methoxy groups -OCH3 is 1. The Kier molecular flexibility index (Phi) is 9.75. The molecule has 8 heteroatoms. The number of hydrogen-bond donors (Lipinski definition) is 1. The molecule has 0 spiro atoms. The van der Waals surface area contributed by atoms with E-state index in [1.807, 2.05) is 78.9 Å². The Morgan fingerprint density at radius 1 is 0.750 bits per heavy atom. The van der Waals surface area contributed by atoms with Crippen molar-refractivity contribution in [2.45, 2.75) is 65.0 Å². The monoisotopic (exact) mass is 646 g/mol. The Balaban J connectivity index is 1.43. The number of aromatic nitrogens is 1. The highest BCUT2D eigenvalue weighted by molar-refractivity contribution is 6.05. The van der Waals surface area contributed by atoms with Crippen LogP contribution in [0.3, 0.4) is 0 Å². The highest BCUT2D eigenvalue weighted by atomic mass is 16.6. The Morgan fingerprint density at radius 2 is 1.38 bits per heavy atom. The largest absolute Gasteiger partial charge is 0.467 e. The van der Waals surface area contributed by atoms with E-state index < -0.39 is 29.6 Å². The summed E-state index contributed by atoms with van der Waals surface area (Å²) in [6.07, 6.45) is -0.535. The number of fused-ring (bicyclic) bond motifs is 1. The van der Waals surface area contributed by atoms with Crippen LogP contribution >= 0.6 is 0 Å². The number of esters is 1. The van der Waals surface area contributed by atoms with Gasteiger partial charge in [-0.05, 0) is 84.8 Å². The van der Waals surface area contributed by atoms with Crippen molar-refractivity contribution in [3.8, 4) is 22.6 Å². The molecule has 1 heterocycles. The van der Waals surface area contributed by atoms with E-state index in [2.05, 4.69) is 26.1 Å². The van der Waals surface area contributed by atoms with Crippen LogP contribution in [0.4, 0.5) is 4.79 Å². The fourth-order valence-corrected chi connectivity index (χ4v) is 5.35. The van der Waals surface area contributed by atoms with Crippen LogP contribution in [0.25, 0.3) is 22.0 Å². The first-order chi connectivity index (χ1) is 22.7. The predicted molar refractivity (Wildman–Crippen MR) is 188 cm³/mol. The zero-order valence-electron chi connectivity index (χ0n) is 28.5. The van der Waals surface area contributed by atoms with Crippen LogP contribution in [-0.2, 0) is 26.1 Å². The minimum Gasteiger partial charge on any atom is -0.467 e. The third kappa shape index (κ3) is 8.12. The molecule has 1 aromatic heterocycles. The molecule has 0 bridgehead atoms. The molecule has 0 saturated carbocycles. The minimum atomic E-state index is -1.01.